The summed E-state index contributed by atoms with van der Waals surface area (Å²) in [6.45, 7) is 3.96. The minimum absolute atomic E-state index is 0.0442. The van der Waals surface area contributed by atoms with Gasteiger partial charge in [0, 0.05) is 38.7 Å². The van der Waals surface area contributed by atoms with E-state index in [-0.39, 0.29) is 18.4 Å². The first-order chi connectivity index (χ1) is 15.6. The van der Waals surface area contributed by atoms with E-state index in [1.54, 1.807) is 29.2 Å². The molecule has 0 saturated carbocycles. The Kier molecular flexibility index (Phi) is 7.29. The third-order valence-corrected chi connectivity index (χ3v) is 5.72. The van der Waals surface area contributed by atoms with E-state index in [4.69, 9.17) is 21.1 Å². The molecule has 1 saturated heterocycles. The first-order valence-electron chi connectivity index (χ1n) is 10.7. The summed E-state index contributed by atoms with van der Waals surface area (Å²) in [6, 6.07) is 12.8. The molecule has 2 aliphatic rings. The van der Waals surface area contributed by atoms with Crippen molar-refractivity contribution in [2.45, 2.75) is 6.42 Å². The third kappa shape index (κ3) is 5.81. The molecule has 2 aromatic carbocycles. The summed E-state index contributed by atoms with van der Waals surface area (Å²) in [5.74, 6) is 1.28. The quantitative estimate of drug-likeness (QED) is 0.700. The number of ether oxygens (including phenoxy) is 2. The molecular formula is C24H26ClN3O4. The van der Waals surface area contributed by atoms with Gasteiger partial charge in [-0.1, -0.05) is 29.8 Å². The van der Waals surface area contributed by atoms with Gasteiger partial charge in [-0.15, -0.1) is 0 Å². The number of nitrogens with one attached hydrogen (secondary N) is 1. The molecule has 0 aromatic heterocycles. The fourth-order valence-electron chi connectivity index (χ4n) is 3.64. The first-order valence-corrected chi connectivity index (χ1v) is 11.1. The number of nitrogens with zero attached hydrogens (tertiary/aromatic N) is 2. The fourth-order valence-corrected chi connectivity index (χ4v) is 3.82. The van der Waals surface area contributed by atoms with Crippen LogP contribution in [0.5, 0.6) is 11.5 Å². The van der Waals surface area contributed by atoms with Gasteiger partial charge in [-0.3, -0.25) is 14.5 Å². The summed E-state index contributed by atoms with van der Waals surface area (Å²) >= 11 is 6.09. The summed E-state index contributed by atoms with van der Waals surface area (Å²) in [5, 5.41) is 3.34. The van der Waals surface area contributed by atoms with E-state index in [9.17, 15) is 9.59 Å². The van der Waals surface area contributed by atoms with E-state index in [2.05, 4.69) is 5.32 Å². The summed E-state index contributed by atoms with van der Waals surface area (Å²) in [4.78, 5) is 28.7. The van der Waals surface area contributed by atoms with Crippen molar-refractivity contribution in [2.24, 2.45) is 0 Å². The van der Waals surface area contributed by atoms with Crippen LogP contribution >= 0.6 is 11.6 Å². The Morgan fingerprint density at radius 1 is 1.00 bits per heavy atom. The second kappa shape index (κ2) is 10.5. The molecule has 2 amide bonds. The number of fused-ring (bicyclic) bond motifs is 1. The lowest BCUT2D eigenvalue weighted by Gasteiger charge is -2.33. The maximum atomic E-state index is 12.6. The zero-order chi connectivity index (χ0) is 22.3. The number of rotatable bonds is 5. The Hall–Kier alpha value is -3.03. The molecule has 2 aromatic rings. The molecule has 0 spiro atoms. The largest absolute Gasteiger partial charge is 0.490 e. The van der Waals surface area contributed by atoms with Crippen molar-refractivity contribution in [1.82, 2.24) is 9.80 Å². The van der Waals surface area contributed by atoms with Crippen LogP contribution in [0.25, 0.3) is 6.08 Å². The number of hydrogen-bond donors (Lipinski definition) is 1. The average molecular weight is 456 g/mol. The predicted molar refractivity (Wildman–Crippen MR) is 124 cm³/mol. The van der Waals surface area contributed by atoms with E-state index in [0.717, 1.165) is 17.7 Å². The fraction of sp³-hybridized carbons (Fsp3) is 0.333. The Balaban J connectivity index is 1.25. The maximum Gasteiger partial charge on any atom is 0.246 e. The molecule has 8 heteroatoms. The van der Waals surface area contributed by atoms with Gasteiger partial charge in [-0.25, -0.2) is 0 Å². The van der Waals surface area contributed by atoms with Gasteiger partial charge >= 0.3 is 0 Å². The lowest BCUT2D eigenvalue weighted by Crippen LogP contribution is -2.50. The maximum absolute atomic E-state index is 12.6. The topological polar surface area (TPSA) is 71.1 Å². The molecule has 2 aliphatic heterocycles. The van der Waals surface area contributed by atoms with Gasteiger partial charge < -0.3 is 19.7 Å². The standard InChI is InChI=1S/C24H26ClN3O4/c25-19-4-1-2-5-20(19)26-23(29)17-27-10-12-28(13-11-27)24(30)9-7-18-6-8-21-22(16-18)32-15-3-14-31-21/h1-2,4-9,16H,3,10-15,17H2,(H,26,29). The normalized spacial score (nSPS) is 16.6. The van der Waals surface area contributed by atoms with E-state index in [0.29, 0.717) is 55.9 Å². The molecule has 0 radical (unpaired) electrons. The van der Waals surface area contributed by atoms with Crippen LogP contribution in [0.15, 0.2) is 48.5 Å². The van der Waals surface area contributed by atoms with Crippen LogP contribution < -0.4 is 14.8 Å². The number of carbonyl (C=O) groups is 2. The molecule has 0 atom stereocenters. The highest BCUT2D eigenvalue weighted by Crippen LogP contribution is 2.30. The van der Waals surface area contributed by atoms with Gasteiger partial charge in [0.15, 0.2) is 11.5 Å². The third-order valence-electron chi connectivity index (χ3n) is 5.39. The molecule has 0 aliphatic carbocycles. The van der Waals surface area contributed by atoms with Gasteiger partial charge in [0.25, 0.3) is 0 Å². The number of para-hydroxylation sites is 1. The number of carbonyl (C=O) groups excluding carboxylic acids is 2. The van der Waals surface area contributed by atoms with Crippen molar-refractivity contribution in [3.05, 3.63) is 59.1 Å². The molecule has 1 fully saturated rings. The van der Waals surface area contributed by atoms with Crippen LogP contribution in [-0.4, -0.2) is 67.6 Å². The molecular weight excluding hydrogens is 430 g/mol. The van der Waals surface area contributed by atoms with Crippen LogP contribution in [0, 0.1) is 0 Å². The molecule has 7 nitrogen and oxygen atoms in total. The van der Waals surface area contributed by atoms with Gasteiger partial charge in [0.2, 0.25) is 11.8 Å². The van der Waals surface area contributed by atoms with Crippen LogP contribution in [0.1, 0.15) is 12.0 Å². The number of halogens is 1. The first kappa shape index (κ1) is 22.2. The smallest absolute Gasteiger partial charge is 0.246 e. The Bertz CT molecular complexity index is 1000. The van der Waals surface area contributed by atoms with Crippen LogP contribution in [-0.2, 0) is 9.59 Å². The van der Waals surface area contributed by atoms with Crippen LogP contribution in [0.3, 0.4) is 0 Å². The van der Waals surface area contributed by atoms with Crippen molar-refractivity contribution in [1.29, 1.82) is 0 Å². The van der Waals surface area contributed by atoms with Gasteiger partial charge in [0.1, 0.15) is 0 Å². The molecule has 0 bridgehead atoms. The molecule has 168 valence electrons. The number of amides is 2. The Morgan fingerprint density at radius 3 is 2.53 bits per heavy atom. The van der Waals surface area contributed by atoms with Gasteiger partial charge in [0.05, 0.1) is 30.5 Å². The predicted octanol–water partition coefficient (Wildman–Crippen LogP) is 3.30. The lowest BCUT2D eigenvalue weighted by atomic mass is 10.2. The minimum atomic E-state index is -0.118. The van der Waals surface area contributed by atoms with Crippen molar-refractivity contribution in [3.63, 3.8) is 0 Å². The van der Waals surface area contributed by atoms with Gasteiger partial charge in [-0.2, -0.15) is 0 Å². The van der Waals surface area contributed by atoms with Crippen molar-refractivity contribution in [3.8, 4) is 11.5 Å². The van der Waals surface area contributed by atoms with Crippen LogP contribution in [0.4, 0.5) is 5.69 Å². The zero-order valence-corrected chi connectivity index (χ0v) is 18.5. The minimum Gasteiger partial charge on any atom is -0.490 e. The number of anilines is 1. The molecule has 2 heterocycles. The lowest BCUT2D eigenvalue weighted by molar-refractivity contribution is -0.127. The van der Waals surface area contributed by atoms with E-state index in [1.165, 1.54) is 0 Å². The second-order valence-corrected chi connectivity index (χ2v) is 8.13. The second-order valence-electron chi connectivity index (χ2n) is 7.72. The van der Waals surface area contributed by atoms with Crippen molar-refractivity contribution < 1.29 is 19.1 Å². The molecule has 4 rings (SSSR count). The molecule has 0 unspecified atom stereocenters. The average Bonchev–Trinajstić information content (AvgIpc) is 3.04. The van der Waals surface area contributed by atoms with E-state index in [1.807, 2.05) is 35.2 Å². The summed E-state index contributed by atoms with van der Waals surface area (Å²) < 4.78 is 11.3. The highest BCUT2D eigenvalue weighted by atomic mass is 35.5. The summed E-state index contributed by atoms with van der Waals surface area (Å²) in [6.07, 6.45) is 4.23. The Morgan fingerprint density at radius 2 is 1.75 bits per heavy atom. The van der Waals surface area contributed by atoms with Crippen molar-refractivity contribution >= 4 is 35.2 Å². The summed E-state index contributed by atoms with van der Waals surface area (Å²) in [7, 11) is 0. The Labute approximate surface area is 192 Å². The SMILES string of the molecule is O=C(CN1CCN(C(=O)C=Cc2ccc3c(c2)OCCCO3)CC1)Nc1ccccc1Cl. The summed E-state index contributed by atoms with van der Waals surface area (Å²) in [5.41, 5.74) is 1.49. The van der Waals surface area contributed by atoms with Crippen molar-refractivity contribution in [2.75, 3.05) is 51.3 Å². The van der Waals surface area contributed by atoms with Gasteiger partial charge in [-0.05, 0) is 35.9 Å². The monoisotopic (exact) mass is 455 g/mol. The van der Waals surface area contributed by atoms with E-state index >= 15 is 0 Å². The molecule has 32 heavy (non-hydrogen) atoms. The number of hydrogen-bond acceptors (Lipinski definition) is 5. The number of benzene rings is 2. The zero-order valence-electron chi connectivity index (χ0n) is 17.8. The highest BCUT2D eigenvalue weighted by Gasteiger charge is 2.21. The van der Waals surface area contributed by atoms with E-state index < -0.39 is 0 Å². The molecule has 1 N–H and O–H groups in total. The number of piperazine rings is 1. The van der Waals surface area contributed by atoms with Crippen LogP contribution in [0.2, 0.25) is 5.02 Å². The highest BCUT2D eigenvalue weighted by molar-refractivity contribution is 6.33.